The molecule has 2 unspecified atom stereocenters. The maximum absolute atomic E-state index is 6.58. The highest BCUT2D eigenvalue weighted by atomic mass is 16.5. The van der Waals surface area contributed by atoms with E-state index in [-0.39, 0.29) is 5.60 Å². The summed E-state index contributed by atoms with van der Waals surface area (Å²) in [5.74, 6) is 2.13. The summed E-state index contributed by atoms with van der Waals surface area (Å²) in [7, 11) is 0. The van der Waals surface area contributed by atoms with Gasteiger partial charge in [-0.15, -0.1) is 0 Å². The summed E-state index contributed by atoms with van der Waals surface area (Å²) < 4.78 is 6.58. The Bertz CT molecular complexity index is 400. The topological polar surface area (TPSA) is 9.23 Å². The third-order valence-electron chi connectivity index (χ3n) is 5.24. The molecule has 0 aromatic heterocycles. The fraction of sp³-hybridized carbons (Fsp3) is 0.818. The van der Waals surface area contributed by atoms with Crippen LogP contribution in [0.25, 0.3) is 0 Å². The molecule has 0 N–H and O–H groups in total. The van der Waals surface area contributed by atoms with E-state index < -0.39 is 0 Å². The van der Waals surface area contributed by atoms with Gasteiger partial charge in [0, 0.05) is 6.42 Å². The molecule has 0 amide bonds. The fourth-order valence-corrected chi connectivity index (χ4v) is 3.60. The van der Waals surface area contributed by atoms with E-state index in [4.69, 9.17) is 4.74 Å². The molecule has 0 aromatic carbocycles. The molecule has 0 fully saturated rings. The molecule has 23 heavy (non-hydrogen) atoms. The van der Waals surface area contributed by atoms with Crippen LogP contribution in [0.5, 0.6) is 0 Å². The highest BCUT2D eigenvalue weighted by molar-refractivity contribution is 5.12. The summed E-state index contributed by atoms with van der Waals surface area (Å²) in [6.07, 6.45) is 14.8. The number of hydrogen-bond acceptors (Lipinski definition) is 1. The Morgan fingerprint density at radius 3 is 2.57 bits per heavy atom. The van der Waals surface area contributed by atoms with Gasteiger partial charge in [-0.05, 0) is 64.9 Å². The predicted molar refractivity (Wildman–Crippen MR) is 103 cm³/mol. The minimum absolute atomic E-state index is 0.0440. The Balaban J connectivity index is 2.66. The second-order valence-corrected chi connectivity index (χ2v) is 8.08. The lowest BCUT2D eigenvalue weighted by atomic mass is 9.86. The van der Waals surface area contributed by atoms with Crippen molar-refractivity contribution in [2.45, 2.75) is 111 Å². The largest absolute Gasteiger partial charge is 0.492 e. The number of ether oxygens (including phenoxy) is 1. The maximum atomic E-state index is 6.58. The van der Waals surface area contributed by atoms with E-state index in [1.807, 2.05) is 0 Å². The van der Waals surface area contributed by atoms with Gasteiger partial charge < -0.3 is 4.74 Å². The number of allylic oxidation sites excluding steroid dienone is 4. The molecule has 134 valence electrons. The molecule has 1 aliphatic rings. The van der Waals surface area contributed by atoms with Crippen LogP contribution in [0.15, 0.2) is 23.0 Å². The third-order valence-corrected chi connectivity index (χ3v) is 5.24. The summed E-state index contributed by atoms with van der Waals surface area (Å²) in [5.41, 5.74) is 2.96. The van der Waals surface area contributed by atoms with E-state index in [2.05, 4.69) is 47.6 Å². The van der Waals surface area contributed by atoms with Crippen LogP contribution in [0.2, 0.25) is 0 Å². The van der Waals surface area contributed by atoms with Crippen LogP contribution in [0.1, 0.15) is 106 Å². The van der Waals surface area contributed by atoms with Crippen LogP contribution < -0.4 is 0 Å². The van der Waals surface area contributed by atoms with E-state index in [0.29, 0.717) is 0 Å². The monoisotopic (exact) mass is 320 g/mol. The van der Waals surface area contributed by atoms with Gasteiger partial charge in [-0.2, -0.15) is 0 Å². The van der Waals surface area contributed by atoms with Crippen molar-refractivity contribution in [1.82, 2.24) is 0 Å². The normalized spacial score (nSPS) is 22.7. The molecule has 0 radical (unpaired) electrons. The van der Waals surface area contributed by atoms with E-state index in [0.717, 1.165) is 25.2 Å². The van der Waals surface area contributed by atoms with Crippen molar-refractivity contribution in [2.24, 2.45) is 5.92 Å². The number of unbranched alkanes of at least 4 members (excludes halogenated alkanes) is 1. The highest BCUT2D eigenvalue weighted by Crippen LogP contribution is 2.38. The fourth-order valence-electron chi connectivity index (χ4n) is 3.60. The van der Waals surface area contributed by atoms with Crippen molar-refractivity contribution >= 4 is 0 Å². The SMILES string of the molecule is CCCCC(CCC)CC1=C(C)CCC(C)(CCC=C(C)C)O1. The van der Waals surface area contributed by atoms with Crippen molar-refractivity contribution in [2.75, 3.05) is 0 Å². The molecule has 0 saturated heterocycles. The molecule has 0 bridgehead atoms. The third kappa shape index (κ3) is 7.59. The van der Waals surface area contributed by atoms with E-state index in [1.54, 1.807) is 0 Å². The van der Waals surface area contributed by atoms with Crippen LogP contribution >= 0.6 is 0 Å². The Kier molecular flexibility index (Phi) is 9.02. The zero-order chi connectivity index (χ0) is 17.3. The van der Waals surface area contributed by atoms with Gasteiger partial charge in [0.2, 0.25) is 0 Å². The summed E-state index contributed by atoms with van der Waals surface area (Å²) in [4.78, 5) is 0. The minimum Gasteiger partial charge on any atom is -0.492 e. The first kappa shape index (κ1) is 20.3. The van der Waals surface area contributed by atoms with Gasteiger partial charge in [-0.3, -0.25) is 0 Å². The van der Waals surface area contributed by atoms with Gasteiger partial charge >= 0.3 is 0 Å². The molecule has 2 atom stereocenters. The standard InChI is InChI=1S/C22H40O/c1-7-9-13-20(11-8-2)17-21-19(5)14-16-22(6,23-21)15-10-12-18(3)4/h12,20H,7-11,13-17H2,1-6H3. The van der Waals surface area contributed by atoms with Crippen molar-refractivity contribution in [3.05, 3.63) is 23.0 Å². The van der Waals surface area contributed by atoms with Crippen LogP contribution in [0.3, 0.4) is 0 Å². The number of hydrogen-bond donors (Lipinski definition) is 0. The highest BCUT2D eigenvalue weighted by Gasteiger charge is 2.31. The quantitative estimate of drug-likeness (QED) is 0.377. The van der Waals surface area contributed by atoms with Gasteiger partial charge in [0.1, 0.15) is 5.60 Å². The summed E-state index contributed by atoms with van der Waals surface area (Å²) in [6.45, 7) is 13.6. The Labute approximate surface area is 145 Å². The van der Waals surface area contributed by atoms with Crippen molar-refractivity contribution in [3.8, 4) is 0 Å². The molecule has 1 aliphatic heterocycles. The predicted octanol–water partition coefficient (Wildman–Crippen LogP) is 7.57. The maximum Gasteiger partial charge on any atom is 0.106 e. The summed E-state index contributed by atoms with van der Waals surface area (Å²) in [5, 5.41) is 0. The molecule has 1 heterocycles. The van der Waals surface area contributed by atoms with Crippen molar-refractivity contribution in [1.29, 1.82) is 0 Å². The van der Waals surface area contributed by atoms with Gasteiger partial charge in [0.25, 0.3) is 0 Å². The molecule has 1 heteroatoms. The van der Waals surface area contributed by atoms with Crippen molar-refractivity contribution < 1.29 is 4.74 Å². The zero-order valence-electron chi connectivity index (χ0n) is 16.6. The minimum atomic E-state index is 0.0440. The van der Waals surface area contributed by atoms with Gasteiger partial charge in [-0.1, -0.05) is 57.6 Å². The zero-order valence-corrected chi connectivity index (χ0v) is 16.6. The second-order valence-electron chi connectivity index (χ2n) is 8.08. The van der Waals surface area contributed by atoms with Crippen LogP contribution in [-0.4, -0.2) is 5.60 Å². The van der Waals surface area contributed by atoms with E-state index in [9.17, 15) is 0 Å². The van der Waals surface area contributed by atoms with Gasteiger partial charge in [-0.25, -0.2) is 0 Å². The molecular formula is C22H40O. The smallest absolute Gasteiger partial charge is 0.106 e. The Morgan fingerprint density at radius 2 is 1.96 bits per heavy atom. The van der Waals surface area contributed by atoms with Crippen molar-refractivity contribution in [3.63, 3.8) is 0 Å². The molecule has 1 rings (SSSR count). The molecule has 0 saturated carbocycles. The lowest BCUT2D eigenvalue weighted by molar-refractivity contribution is -0.0176. The summed E-state index contributed by atoms with van der Waals surface area (Å²) >= 11 is 0. The Hall–Kier alpha value is -0.720. The van der Waals surface area contributed by atoms with E-state index >= 15 is 0 Å². The average Bonchev–Trinajstić information content (AvgIpc) is 2.48. The lowest BCUT2D eigenvalue weighted by Gasteiger charge is -2.38. The number of rotatable bonds is 10. The molecular weight excluding hydrogens is 280 g/mol. The summed E-state index contributed by atoms with van der Waals surface area (Å²) in [6, 6.07) is 0. The lowest BCUT2D eigenvalue weighted by Crippen LogP contribution is -2.32. The molecule has 0 aromatic rings. The second kappa shape index (κ2) is 10.2. The van der Waals surface area contributed by atoms with Gasteiger partial charge in [0.15, 0.2) is 0 Å². The first-order chi connectivity index (χ1) is 10.9. The average molecular weight is 321 g/mol. The van der Waals surface area contributed by atoms with Crippen LogP contribution in [-0.2, 0) is 4.74 Å². The first-order valence-electron chi connectivity index (χ1n) is 9.91. The van der Waals surface area contributed by atoms with Crippen LogP contribution in [0, 0.1) is 5.92 Å². The molecule has 0 aliphatic carbocycles. The molecule has 1 nitrogen and oxygen atoms in total. The van der Waals surface area contributed by atoms with Crippen LogP contribution in [0.4, 0.5) is 0 Å². The van der Waals surface area contributed by atoms with E-state index in [1.165, 1.54) is 61.9 Å². The molecule has 0 spiro atoms. The first-order valence-corrected chi connectivity index (χ1v) is 9.91. The van der Waals surface area contributed by atoms with Gasteiger partial charge in [0.05, 0.1) is 5.76 Å². The Morgan fingerprint density at radius 1 is 1.22 bits per heavy atom.